The van der Waals surface area contributed by atoms with Crippen molar-refractivity contribution in [2.24, 2.45) is 0 Å². The molecular weight excluding hydrogens is 271 g/mol. The number of rotatable bonds is 4. The number of hydrogen-bond donors (Lipinski definition) is 2. The molecule has 0 saturated heterocycles. The van der Waals surface area contributed by atoms with E-state index >= 15 is 0 Å². The Bertz CT molecular complexity index is 533. The maximum Gasteiger partial charge on any atom is 0.246 e. The van der Waals surface area contributed by atoms with E-state index in [9.17, 15) is 17.6 Å². The molecule has 94 valence electrons. The highest BCUT2D eigenvalue weighted by Gasteiger charge is 2.12. The Labute approximate surface area is 103 Å². The minimum Gasteiger partial charge on any atom is -0.326 e. The first-order valence-electron chi connectivity index (χ1n) is 4.47. The molecule has 17 heavy (non-hydrogen) atoms. The molecule has 0 aliphatic rings. The normalized spacial score (nSPS) is 11.0. The molecule has 0 saturated carbocycles. The second kappa shape index (κ2) is 5.33. The zero-order valence-electron chi connectivity index (χ0n) is 8.83. The average Bonchev–Trinajstić information content (AvgIpc) is 2.22. The topological polar surface area (TPSA) is 75.3 Å². The average molecular weight is 281 g/mol. The Morgan fingerprint density at radius 2 is 2.12 bits per heavy atom. The van der Waals surface area contributed by atoms with Gasteiger partial charge in [-0.15, -0.1) is 11.6 Å². The highest BCUT2D eigenvalue weighted by Crippen LogP contribution is 2.21. The third-order valence-electron chi connectivity index (χ3n) is 1.70. The quantitative estimate of drug-likeness (QED) is 0.825. The van der Waals surface area contributed by atoms with Crippen LogP contribution in [0.1, 0.15) is 6.92 Å². The van der Waals surface area contributed by atoms with E-state index in [0.717, 1.165) is 6.07 Å². The van der Waals surface area contributed by atoms with Crippen LogP contribution < -0.4 is 10.0 Å². The molecule has 8 heteroatoms. The van der Waals surface area contributed by atoms with Crippen molar-refractivity contribution in [2.75, 3.05) is 15.3 Å². The molecule has 0 bridgehead atoms. The number of hydrogen-bond acceptors (Lipinski definition) is 3. The highest BCUT2D eigenvalue weighted by atomic mass is 35.5. The van der Waals surface area contributed by atoms with Gasteiger partial charge >= 0.3 is 0 Å². The highest BCUT2D eigenvalue weighted by molar-refractivity contribution is 7.93. The largest absolute Gasteiger partial charge is 0.326 e. The molecule has 1 amide bonds. The number of nitrogens with one attached hydrogen (secondary N) is 2. The molecule has 1 rings (SSSR count). The first kappa shape index (κ1) is 13.7. The van der Waals surface area contributed by atoms with Crippen molar-refractivity contribution in [3.05, 3.63) is 24.0 Å². The molecule has 0 radical (unpaired) electrons. The van der Waals surface area contributed by atoms with E-state index in [4.69, 9.17) is 11.6 Å². The first-order valence-corrected chi connectivity index (χ1v) is 6.66. The summed E-state index contributed by atoms with van der Waals surface area (Å²) in [6, 6.07) is 3.52. The lowest BCUT2D eigenvalue weighted by Crippen LogP contribution is -2.15. The second-order valence-corrected chi connectivity index (χ2v) is 5.51. The van der Waals surface area contributed by atoms with Crippen molar-refractivity contribution in [2.45, 2.75) is 6.92 Å². The van der Waals surface area contributed by atoms with Gasteiger partial charge in [0, 0.05) is 12.6 Å². The number of amides is 1. The molecule has 0 aliphatic carbocycles. The van der Waals surface area contributed by atoms with Crippen LogP contribution in [0.4, 0.5) is 15.8 Å². The van der Waals surface area contributed by atoms with Gasteiger partial charge in [0.05, 0.1) is 5.69 Å². The fourth-order valence-corrected chi connectivity index (χ4v) is 1.79. The Morgan fingerprint density at radius 1 is 1.47 bits per heavy atom. The first-order chi connectivity index (χ1) is 7.84. The van der Waals surface area contributed by atoms with Crippen LogP contribution in [0, 0.1) is 5.82 Å². The third kappa shape index (κ3) is 4.20. The van der Waals surface area contributed by atoms with Gasteiger partial charge in [0.1, 0.15) is 11.0 Å². The summed E-state index contributed by atoms with van der Waals surface area (Å²) < 4.78 is 37.6. The maximum absolute atomic E-state index is 13.3. The molecule has 2 N–H and O–H groups in total. The van der Waals surface area contributed by atoms with Crippen LogP contribution in [-0.4, -0.2) is 19.5 Å². The molecule has 0 heterocycles. The van der Waals surface area contributed by atoms with E-state index in [-0.39, 0.29) is 17.3 Å². The van der Waals surface area contributed by atoms with Gasteiger partial charge in [0.25, 0.3) is 0 Å². The summed E-state index contributed by atoms with van der Waals surface area (Å²) in [5.41, 5.74) is 0.0167. The summed E-state index contributed by atoms with van der Waals surface area (Å²) in [6.45, 7) is 1.28. The van der Waals surface area contributed by atoms with Gasteiger partial charge < -0.3 is 5.32 Å². The summed E-state index contributed by atoms with van der Waals surface area (Å²) in [7, 11) is -3.78. The van der Waals surface area contributed by atoms with Gasteiger partial charge in [-0.1, -0.05) is 0 Å². The van der Waals surface area contributed by atoms with Crippen molar-refractivity contribution in [3.8, 4) is 0 Å². The minimum atomic E-state index is -3.78. The standard InChI is InChI=1S/C9H10ClFN2O3S/c1-6(14)12-7-2-3-8(11)9(4-7)13-17(15,16)5-10/h2-4,13H,5H2,1H3,(H,12,14). The van der Waals surface area contributed by atoms with Crippen LogP contribution in [0.25, 0.3) is 0 Å². The van der Waals surface area contributed by atoms with Crippen molar-refractivity contribution < 1.29 is 17.6 Å². The third-order valence-corrected chi connectivity index (χ3v) is 3.38. The molecule has 1 aromatic carbocycles. The van der Waals surface area contributed by atoms with Gasteiger partial charge in [-0.25, -0.2) is 12.8 Å². The number of halogens is 2. The number of alkyl halides is 1. The minimum absolute atomic E-state index is 0.267. The monoisotopic (exact) mass is 280 g/mol. The van der Waals surface area contributed by atoms with E-state index in [1.807, 2.05) is 4.72 Å². The van der Waals surface area contributed by atoms with Crippen LogP contribution >= 0.6 is 11.6 Å². The fourth-order valence-electron chi connectivity index (χ4n) is 1.08. The summed E-state index contributed by atoms with van der Waals surface area (Å²) in [5.74, 6) is -1.10. The molecule has 0 spiro atoms. The zero-order chi connectivity index (χ0) is 13.1. The number of anilines is 2. The summed E-state index contributed by atoms with van der Waals surface area (Å²) in [6.07, 6.45) is 0. The Kier molecular flexibility index (Phi) is 4.30. The predicted octanol–water partition coefficient (Wildman–Crippen LogP) is 1.72. The molecule has 5 nitrogen and oxygen atoms in total. The Morgan fingerprint density at radius 3 is 2.65 bits per heavy atom. The second-order valence-electron chi connectivity index (χ2n) is 3.20. The smallest absolute Gasteiger partial charge is 0.246 e. The van der Waals surface area contributed by atoms with Gasteiger partial charge in [-0.05, 0) is 18.2 Å². The predicted molar refractivity (Wildman–Crippen MR) is 64.0 cm³/mol. The van der Waals surface area contributed by atoms with Gasteiger partial charge in [-0.3, -0.25) is 9.52 Å². The number of sulfonamides is 1. The lowest BCUT2D eigenvalue weighted by molar-refractivity contribution is -0.114. The summed E-state index contributed by atoms with van der Waals surface area (Å²) in [5, 5.41) is 1.72. The van der Waals surface area contributed by atoms with E-state index in [2.05, 4.69) is 5.32 Å². The Balaban J connectivity index is 3.03. The fraction of sp³-hybridized carbons (Fsp3) is 0.222. The van der Waals surface area contributed by atoms with E-state index in [0.29, 0.717) is 0 Å². The molecule has 0 aliphatic heterocycles. The Hall–Kier alpha value is -1.34. The SMILES string of the molecule is CC(=O)Nc1ccc(F)c(NS(=O)(=O)CCl)c1. The molecule has 0 aromatic heterocycles. The summed E-state index contributed by atoms with van der Waals surface area (Å²) in [4.78, 5) is 10.8. The van der Waals surface area contributed by atoms with Crippen LogP contribution in [0.5, 0.6) is 0 Å². The lowest BCUT2D eigenvalue weighted by Gasteiger charge is -2.09. The van der Waals surface area contributed by atoms with E-state index in [1.165, 1.54) is 19.1 Å². The van der Waals surface area contributed by atoms with Crippen LogP contribution in [-0.2, 0) is 14.8 Å². The van der Waals surface area contributed by atoms with Crippen molar-refractivity contribution in [1.29, 1.82) is 0 Å². The van der Waals surface area contributed by atoms with Crippen LogP contribution in [0.3, 0.4) is 0 Å². The number of carbonyl (C=O) groups excluding carboxylic acids is 1. The van der Waals surface area contributed by atoms with Crippen LogP contribution in [0.15, 0.2) is 18.2 Å². The molecular formula is C9H10ClFN2O3S. The van der Waals surface area contributed by atoms with Crippen molar-refractivity contribution >= 4 is 38.9 Å². The van der Waals surface area contributed by atoms with E-state index in [1.54, 1.807) is 0 Å². The molecule has 0 unspecified atom stereocenters. The van der Waals surface area contributed by atoms with Crippen LogP contribution in [0.2, 0.25) is 0 Å². The number of carbonyl (C=O) groups is 1. The van der Waals surface area contributed by atoms with Gasteiger partial charge in [-0.2, -0.15) is 0 Å². The molecule has 0 atom stereocenters. The van der Waals surface area contributed by atoms with Crippen molar-refractivity contribution in [1.82, 2.24) is 0 Å². The van der Waals surface area contributed by atoms with Crippen molar-refractivity contribution in [3.63, 3.8) is 0 Å². The van der Waals surface area contributed by atoms with Gasteiger partial charge in [0.15, 0.2) is 0 Å². The number of benzene rings is 1. The van der Waals surface area contributed by atoms with Gasteiger partial charge in [0.2, 0.25) is 15.9 Å². The molecule has 1 aromatic rings. The molecule has 0 fully saturated rings. The lowest BCUT2D eigenvalue weighted by atomic mass is 10.2. The van der Waals surface area contributed by atoms with E-state index < -0.39 is 21.1 Å². The maximum atomic E-state index is 13.3. The zero-order valence-corrected chi connectivity index (χ0v) is 10.4. The summed E-state index contributed by atoms with van der Waals surface area (Å²) >= 11 is 5.18.